The van der Waals surface area contributed by atoms with Crippen molar-refractivity contribution in [3.05, 3.63) is 29.8 Å². The molecule has 0 unspecified atom stereocenters. The number of ether oxygens (including phenoxy) is 2. The van der Waals surface area contributed by atoms with E-state index in [-0.39, 0.29) is 17.4 Å². The summed E-state index contributed by atoms with van der Waals surface area (Å²) in [5.74, 6) is 0.599. The third kappa shape index (κ3) is 2.64. The molecule has 0 aliphatic carbocycles. The molecule has 1 atom stereocenters. The minimum absolute atomic E-state index is 0.0193. The Morgan fingerprint density at radius 3 is 2.89 bits per heavy atom. The van der Waals surface area contributed by atoms with E-state index in [0.717, 1.165) is 0 Å². The van der Waals surface area contributed by atoms with Crippen molar-refractivity contribution < 1.29 is 14.3 Å². The van der Waals surface area contributed by atoms with Crippen LogP contribution in [0.3, 0.4) is 0 Å². The molecule has 2 rings (SSSR count). The summed E-state index contributed by atoms with van der Waals surface area (Å²) in [4.78, 5) is 12.1. The SMILES string of the molecule is COc1cccc(C(=O)N[C@H]2COCC2(C)C)c1. The number of amides is 1. The highest BCUT2D eigenvalue weighted by atomic mass is 16.5. The van der Waals surface area contributed by atoms with Gasteiger partial charge in [-0.2, -0.15) is 0 Å². The third-order valence-electron chi connectivity index (χ3n) is 3.34. The number of nitrogens with one attached hydrogen (secondary N) is 1. The Morgan fingerprint density at radius 1 is 1.50 bits per heavy atom. The van der Waals surface area contributed by atoms with Gasteiger partial charge in [0.15, 0.2) is 0 Å². The van der Waals surface area contributed by atoms with Gasteiger partial charge in [0.05, 0.1) is 26.4 Å². The van der Waals surface area contributed by atoms with Crippen molar-refractivity contribution >= 4 is 5.91 Å². The number of carbonyl (C=O) groups is 1. The summed E-state index contributed by atoms with van der Waals surface area (Å²) in [5.41, 5.74) is 0.589. The second-order valence-electron chi connectivity index (χ2n) is 5.26. The minimum atomic E-state index is -0.0857. The molecule has 4 heteroatoms. The van der Waals surface area contributed by atoms with Crippen LogP contribution >= 0.6 is 0 Å². The molecule has 0 bridgehead atoms. The monoisotopic (exact) mass is 249 g/mol. The molecule has 0 radical (unpaired) electrons. The Morgan fingerprint density at radius 2 is 2.28 bits per heavy atom. The molecule has 1 fully saturated rings. The molecule has 1 saturated heterocycles. The number of benzene rings is 1. The second kappa shape index (κ2) is 4.98. The first-order chi connectivity index (χ1) is 8.53. The minimum Gasteiger partial charge on any atom is -0.497 e. The van der Waals surface area contributed by atoms with E-state index in [1.165, 1.54) is 0 Å². The van der Waals surface area contributed by atoms with Crippen LogP contribution in [-0.2, 0) is 4.74 Å². The third-order valence-corrected chi connectivity index (χ3v) is 3.34. The van der Waals surface area contributed by atoms with Gasteiger partial charge in [0, 0.05) is 11.0 Å². The van der Waals surface area contributed by atoms with E-state index in [2.05, 4.69) is 19.2 Å². The molecule has 0 spiro atoms. The fourth-order valence-electron chi connectivity index (χ4n) is 2.01. The summed E-state index contributed by atoms with van der Waals surface area (Å²) >= 11 is 0. The highest BCUT2D eigenvalue weighted by Gasteiger charge is 2.36. The van der Waals surface area contributed by atoms with Crippen molar-refractivity contribution in [1.29, 1.82) is 0 Å². The fraction of sp³-hybridized carbons (Fsp3) is 0.500. The van der Waals surface area contributed by atoms with E-state index >= 15 is 0 Å². The molecule has 1 amide bonds. The van der Waals surface area contributed by atoms with Gasteiger partial charge in [0.1, 0.15) is 5.75 Å². The van der Waals surface area contributed by atoms with Crippen molar-refractivity contribution in [3.8, 4) is 5.75 Å². The lowest BCUT2D eigenvalue weighted by molar-refractivity contribution is 0.0915. The summed E-state index contributed by atoms with van der Waals surface area (Å²) in [6, 6.07) is 7.19. The number of hydrogen-bond acceptors (Lipinski definition) is 3. The molecular weight excluding hydrogens is 230 g/mol. The highest BCUT2D eigenvalue weighted by Crippen LogP contribution is 2.27. The Labute approximate surface area is 107 Å². The van der Waals surface area contributed by atoms with Gasteiger partial charge in [-0.15, -0.1) is 0 Å². The molecule has 4 nitrogen and oxygen atoms in total. The molecule has 0 saturated carbocycles. The van der Waals surface area contributed by atoms with Gasteiger partial charge < -0.3 is 14.8 Å². The summed E-state index contributed by atoms with van der Waals surface area (Å²) in [6.07, 6.45) is 0. The molecular formula is C14H19NO3. The maximum atomic E-state index is 12.1. The lowest BCUT2D eigenvalue weighted by Gasteiger charge is -2.25. The number of carbonyl (C=O) groups excluding carboxylic acids is 1. The predicted molar refractivity (Wildman–Crippen MR) is 68.8 cm³/mol. The van der Waals surface area contributed by atoms with Crippen molar-refractivity contribution in [1.82, 2.24) is 5.32 Å². The van der Waals surface area contributed by atoms with E-state index in [1.54, 1.807) is 19.2 Å². The molecule has 1 N–H and O–H groups in total. The van der Waals surface area contributed by atoms with E-state index < -0.39 is 0 Å². The molecule has 1 aromatic rings. The maximum absolute atomic E-state index is 12.1. The zero-order valence-electron chi connectivity index (χ0n) is 11.0. The van der Waals surface area contributed by atoms with Crippen molar-refractivity contribution in [2.75, 3.05) is 20.3 Å². The fourth-order valence-corrected chi connectivity index (χ4v) is 2.01. The quantitative estimate of drug-likeness (QED) is 0.889. The number of methoxy groups -OCH3 is 1. The van der Waals surface area contributed by atoms with Crippen molar-refractivity contribution in [2.45, 2.75) is 19.9 Å². The zero-order chi connectivity index (χ0) is 13.2. The van der Waals surface area contributed by atoms with Gasteiger partial charge in [-0.1, -0.05) is 19.9 Å². The van der Waals surface area contributed by atoms with Crippen LogP contribution in [0, 0.1) is 5.41 Å². The Balaban J connectivity index is 2.07. The predicted octanol–water partition coefficient (Wildman–Crippen LogP) is 1.85. The van der Waals surface area contributed by atoms with E-state index in [4.69, 9.17) is 9.47 Å². The largest absolute Gasteiger partial charge is 0.497 e. The lowest BCUT2D eigenvalue weighted by atomic mass is 9.88. The molecule has 18 heavy (non-hydrogen) atoms. The first-order valence-corrected chi connectivity index (χ1v) is 6.05. The van der Waals surface area contributed by atoms with Gasteiger partial charge in [-0.25, -0.2) is 0 Å². The molecule has 0 aromatic heterocycles. The van der Waals surface area contributed by atoms with Crippen LogP contribution in [0.25, 0.3) is 0 Å². The standard InChI is InChI=1S/C14H19NO3/c1-14(2)9-18-8-12(14)15-13(16)10-5-4-6-11(7-10)17-3/h4-7,12H,8-9H2,1-3H3,(H,15,16)/t12-/m0/s1. The lowest BCUT2D eigenvalue weighted by Crippen LogP contribution is -2.44. The van der Waals surface area contributed by atoms with E-state index in [0.29, 0.717) is 24.5 Å². The van der Waals surface area contributed by atoms with Crippen LogP contribution in [0.15, 0.2) is 24.3 Å². The van der Waals surface area contributed by atoms with E-state index in [9.17, 15) is 4.79 Å². The first kappa shape index (κ1) is 12.9. The summed E-state index contributed by atoms with van der Waals surface area (Å²) in [6.45, 7) is 5.44. The maximum Gasteiger partial charge on any atom is 0.251 e. The van der Waals surface area contributed by atoms with Gasteiger partial charge >= 0.3 is 0 Å². The van der Waals surface area contributed by atoms with E-state index in [1.807, 2.05) is 12.1 Å². The number of rotatable bonds is 3. The zero-order valence-corrected chi connectivity index (χ0v) is 11.0. The Bertz CT molecular complexity index is 442. The van der Waals surface area contributed by atoms with Crippen LogP contribution in [0.5, 0.6) is 5.75 Å². The summed E-state index contributed by atoms with van der Waals surface area (Å²) < 4.78 is 10.5. The van der Waals surface area contributed by atoms with Gasteiger partial charge in [-0.05, 0) is 18.2 Å². The average molecular weight is 249 g/mol. The topological polar surface area (TPSA) is 47.6 Å². The highest BCUT2D eigenvalue weighted by molar-refractivity contribution is 5.94. The second-order valence-corrected chi connectivity index (χ2v) is 5.26. The average Bonchev–Trinajstić information content (AvgIpc) is 2.69. The van der Waals surface area contributed by atoms with Crippen LogP contribution in [-0.4, -0.2) is 32.3 Å². The first-order valence-electron chi connectivity index (χ1n) is 6.05. The van der Waals surface area contributed by atoms with Crippen LogP contribution in [0.2, 0.25) is 0 Å². The molecule has 98 valence electrons. The molecule has 1 aliphatic rings. The summed E-state index contributed by atoms with van der Waals surface area (Å²) in [5, 5.41) is 3.02. The smallest absolute Gasteiger partial charge is 0.251 e. The molecule has 1 heterocycles. The van der Waals surface area contributed by atoms with Crippen molar-refractivity contribution in [2.24, 2.45) is 5.41 Å². The van der Waals surface area contributed by atoms with Gasteiger partial charge in [-0.3, -0.25) is 4.79 Å². The van der Waals surface area contributed by atoms with Gasteiger partial charge in [0.2, 0.25) is 0 Å². The van der Waals surface area contributed by atoms with Crippen molar-refractivity contribution in [3.63, 3.8) is 0 Å². The molecule has 1 aliphatic heterocycles. The van der Waals surface area contributed by atoms with Crippen LogP contribution in [0.1, 0.15) is 24.2 Å². The Hall–Kier alpha value is -1.55. The van der Waals surface area contributed by atoms with Gasteiger partial charge in [0.25, 0.3) is 5.91 Å². The summed E-state index contributed by atoms with van der Waals surface area (Å²) in [7, 11) is 1.59. The normalized spacial score (nSPS) is 21.6. The van der Waals surface area contributed by atoms with Crippen LogP contribution in [0.4, 0.5) is 0 Å². The number of hydrogen-bond donors (Lipinski definition) is 1. The van der Waals surface area contributed by atoms with Crippen LogP contribution < -0.4 is 10.1 Å². The Kier molecular flexibility index (Phi) is 3.57. The molecule has 1 aromatic carbocycles.